The number of nitrogens with zero attached hydrogens (tertiary/aromatic N) is 3. The molecule has 0 aliphatic heterocycles. The molecule has 6 nitrogen and oxygen atoms in total. The first-order valence-electron chi connectivity index (χ1n) is 7.36. The van der Waals surface area contributed by atoms with E-state index >= 15 is 0 Å². The number of carbonyl (C=O) groups is 1. The smallest absolute Gasteiger partial charge is 0.265 e. The van der Waals surface area contributed by atoms with Gasteiger partial charge in [-0.3, -0.25) is 9.78 Å². The van der Waals surface area contributed by atoms with E-state index < -0.39 is 0 Å². The standard InChI is InChI=1S/C16H16N4O2S/c1-2-5-12-15(23-20-19-12)16(21)18-10-11-6-3-8-17-14(11)13-7-4-9-22-13/h3-4,6-9H,2,5,10H2,1H3,(H,18,21). The summed E-state index contributed by atoms with van der Waals surface area (Å²) in [6, 6.07) is 7.42. The predicted molar refractivity (Wildman–Crippen MR) is 87.0 cm³/mol. The maximum Gasteiger partial charge on any atom is 0.265 e. The Bertz CT molecular complexity index is 783. The first-order valence-corrected chi connectivity index (χ1v) is 8.14. The summed E-state index contributed by atoms with van der Waals surface area (Å²) in [5, 5.41) is 6.93. The topological polar surface area (TPSA) is 80.9 Å². The molecule has 7 heteroatoms. The van der Waals surface area contributed by atoms with E-state index in [1.165, 1.54) is 0 Å². The van der Waals surface area contributed by atoms with E-state index in [1.54, 1.807) is 12.5 Å². The lowest BCUT2D eigenvalue weighted by Gasteiger charge is -2.08. The van der Waals surface area contributed by atoms with Crippen molar-refractivity contribution >= 4 is 17.4 Å². The summed E-state index contributed by atoms with van der Waals surface area (Å²) < 4.78 is 9.28. The lowest BCUT2D eigenvalue weighted by molar-refractivity contribution is 0.0954. The molecule has 0 spiro atoms. The molecular formula is C16H16N4O2S. The fraction of sp³-hybridized carbons (Fsp3) is 0.250. The van der Waals surface area contributed by atoms with Gasteiger partial charge in [-0.2, -0.15) is 0 Å². The second kappa shape index (κ2) is 7.15. The average Bonchev–Trinajstić information content (AvgIpc) is 3.25. The summed E-state index contributed by atoms with van der Waals surface area (Å²) in [6.45, 7) is 2.42. The minimum Gasteiger partial charge on any atom is -0.463 e. The van der Waals surface area contributed by atoms with Crippen LogP contribution in [0.4, 0.5) is 0 Å². The Hall–Kier alpha value is -2.54. The third-order valence-corrected chi connectivity index (χ3v) is 4.10. The molecule has 0 bridgehead atoms. The number of hydrogen-bond donors (Lipinski definition) is 1. The van der Waals surface area contributed by atoms with E-state index in [9.17, 15) is 4.79 Å². The van der Waals surface area contributed by atoms with Gasteiger partial charge in [0.05, 0.1) is 12.0 Å². The van der Waals surface area contributed by atoms with E-state index in [0.717, 1.165) is 41.3 Å². The third-order valence-electron chi connectivity index (χ3n) is 3.33. The SMILES string of the molecule is CCCc1nnsc1C(=O)NCc1cccnc1-c1ccco1. The van der Waals surface area contributed by atoms with Crippen LogP contribution in [0.3, 0.4) is 0 Å². The zero-order valence-corrected chi connectivity index (χ0v) is 13.5. The van der Waals surface area contributed by atoms with Gasteiger partial charge in [0, 0.05) is 18.3 Å². The van der Waals surface area contributed by atoms with Crippen molar-refractivity contribution in [1.82, 2.24) is 19.9 Å². The van der Waals surface area contributed by atoms with E-state index in [-0.39, 0.29) is 5.91 Å². The Labute approximate surface area is 137 Å². The molecule has 0 fully saturated rings. The Morgan fingerprint density at radius 3 is 3.04 bits per heavy atom. The molecule has 1 N–H and O–H groups in total. The maximum absolute atomic E-state index is 12.3. The van der Waals surface area contributed by atoms with Crippen LogP contribution in [0.15, 0.2) is 41.1 Å². The molecule has 118 valence electrons. The molecule has 1 amide bonds. The number of rotatable bonds is 6. The summed E-state index contributed by atoms with van der Waals surface area (Å²) in [6.07, 6.45) is 4.99. The van der Waals surface area contributed by atoms with Crippen LogP contribution in [0.1, 0.15) is 34.3 Å². The number of hydrogen-bond acceptors (Lipinski definition) is 6. The highest BCUT2D eigenvalue weighted by Gasteiger charge is 2.16. The van der Waals surface area contributed by atoms with Crippen LogP contribution in [0.2, 0.25) is 0 Å². The van der Waals surface area contributed by atoms with E-state index in [2.05, 4.69) is 19.9 Å². The number of amides is 1. The molecule has 0 aromatic carbocycles. The highest BCUT2D eigenvalue weighted by Crippen LogP contribution is 2.21. The van der Waals surface area contributed by atoms with Gasteiger partial charge in [-0.05, 0) is 36.2 Å². The number of carbonyl (C=O) groups excluding carboxylic acids is 1. The Balaban J connectivity index is 1.74. The van der Waals surface area contributed by atoms with Gasteiger partial charge in [0.1, 0.15) is 10.6 Å². The number of nitrogens with one attached hydrogen (secondary N) is 1. The zero-order chi connectivity index (χ0) is 16.1. The van der Waals surface area contributed by atoms with Gasteiger partial charge in [0.15, 0.2) is 5.76 Å². The van der Waals surface area contributed by atoms with Crippen molar-refractivity contribution in [3.8, 4) is 11.5 Å². The maximum atomic E-state index is 12.3. The molecule has 3 aromatic rings. The molecule has 0 atom stereocenters. The van der Waals surface area contributed by atoms with Crippen LogP contribution in [-0.4, -0.2) is 20.5 Å². The van der Waals surface area contributed by atoms with Crippen LogP contribution in [-0.2, 0) is 13.0 Å². The van der Waals surface area contributed by atoms with Crippen molar-refractivity contribution in [2.24, 2.45) is 0 Å². The van der Waals surface area contributed by atoms with Crippen molar-refractivity contribution < 1.29 is 9.21 Å². The van der Waals surface area contributed by atoms with Gasteiger partial charge in [-0.1, -0.05) is 23.9 Å². The Morgan fingerprint density at radius 2 is 2.26 bits per heavy atom. The number of aryl methyl sites for hydroxylation is 1. The van der Waals surface area contributed by atoms with Crippen LogP contribution < -0.4 is 5.32 Å². The molecule has 3 heterocycles. The molecule has 0 saturated heterocycles. The van der Waals surface area contributed by atoms with Gasteiger partial charge in [-0.25, -0.2) is 0 Å². The van der Waals surface area contributed by atoms with Crippen LogP contribution >= 0.6 is 11.5 Å². The molecule has 0 aliphatic rings. The number of pyridine rings is 1. The molecule has 0 aliphatic carbocycles. The summed E-state index contributed by atoms with van der Waals surface area (Å²) in [7, 11) is 0. The van der Waals surface area contributed by atoms with Crippen LogP contribution in [0, 0.1) is 0 Å². The van der Waals surface area contributed by atoms with Crippen molar-refractivity contribution in [1.29, 1.82) is 0 Å². The first kappa shape index (κ1) is 15.4. The minimum absolute atomic E-state index is 0.155. The van der Waals surface area contributed by atoms with Gasteiger partial charge in [0.2, 0.25) is 0 Å². The van der Waals surface area contributed by atoms with Gasteiger partial charge >= 0.3 is 0 Å². The second-order valence-electron chi connectivity index (χ2n) is 4.97. The van der Waals surface area contributed by atoms with Crippen LogP contribution in [0.5, 0.6) is 0 Å². The first-order chi connectivity index (χ1) is 11.3. The second-order valence-corrected chi connectivity index (χ2v) is 5.72. The molecule has 3 aromatic heterocycles. The normalized spacial score (nSPS) is 10.7. The van der Waals surface area contributed by atoms with E-state index in [4.69, 9.17) is 4.42 Å². The van der Waals surface area contributed by atoms with Crippen molar-refractivity contribution in [2.75, 3.05) is 0 Å². The molecule has 3 rings (SSSR count). The Kier molecular flexibility index (Phi) is 4.77. The van der Waals surface area contributed by atoms with Gasteiger partial charge < -0.3 is 9.73 Å². The molecule has 0 unspecified atom stereocenters. The average molecular weight is 328 g/mol. The summed E-state index contributed by atoms with van der Waals surface area (Å²) in [5.41, 5.74) is 2.38. The molecule has 0 saturated carbocycles. The molecule has 23 heavy (non-hydrogen) atoms. The van der Waals surface area contributed by atoms with E-state index in [0.29, 0.717) is 17.2 Å². The highest BCUT2D eigenvalue weighted by atomic mass is 32.1. The minimum atomic E-state index is -0.155. The van der Waals surface area contributed by atoms with Crippen molar-refractivity contribution in [3.05, 3.63) is 52.9 Å². The quantitative estimate of drug-likeness (QED) is 0.752. The summed E-state index contributed by atoms with van der Waals surface area (Å²) in [5.74, 6) is 0.527. The van der Waals surface area contributed by atoms with Crippen molar-refractivity contribution in [2.45, 2.75) is 26.3 Å². The summed E-state index contributed by atoms with van der Waals surface area (Å²) in [4.78, 5) is 17.3. The van der Waals surface area contributed by atoms with Gasteiger partial charge in [0.25, 0.3) is 5.91 Å². The Morgan fingerprint density at radius 1 is 1.35 bits per heavy atom. The predicted octanol–water partition coefficient (Wildman–Crippen LogP) is 3.08. The molecular weight excluding hydrogens is 312 g/mol. The third kappa shape index (κ3) is 3.45. The lowest BCUT2D eigenvalue weighted by Crippen LogP contribution is -2.23. The largest absolute Gasteiger partial charge is 0.463 e. The fourth-order valence-corrected chi connectivity index (χ4v) is 2.88. The van der Waals surface area contributed by atoms with Crippen LogP contribution in [0.25, 0.3) is 11.5 Å². The molecule has 0 radical (unpaired) electrons. The fourth-order valence-electron chi connectivity index (χ4n) is 2.25. The summed E-state index contributed by atoms with van der Waals surface area (Å²) >= 11 is 1.13. The number of aromatic nitrogens is 3. The number of furan rings is 1. The zero-order valence-electron chi connectivity index (χ0n) is 12.7. The lowest BCUT2D eigenvalue weighted by atomic mass is 10.1. The van der Waals surface area contributed by atoms with Gasteiger partial charge in [-0.15, -0.1) is 5.10 Å². The van der Waals surface area contributed by atoms with E-state index in [1.807, 2.05) is 31.2 Å². The monoisotopic (exact) mass is 328 g/mol. The highest BCUT2D eigenvalue weighted by molar-refractivity contribution is 7.08. The van der Waals surface area contributed by atoms with Crippen molar-refractivity contribution in [3.63, 3.8) is 0 Å².